The Balaban J connectivity index is 1.46. The van der Waals surface area contributed by atoms with Crippen molar-refractivity contribution < 1.29 is 14.7 Å². The first-order valence-electron chi connectivity index (χ1n) is 9.47. The minimum atomic E-state index is -1.10. The Hall–Kier alpha value is -1.88. The second-order valence-corrected chi connectivity index (χ2v) is 7.26. The predicted octanol–water partition coefficient (Wildman–Crippen LogP) is 2.41. The molecule has 1 unspecified atom stereocenters. The molecule has 1 saturated heterocycles. The van der Waals surface area contributed by atoms with Crippen molar-refractivity contribution in [3.05, 3.63) is 35.9 Å². The van der Waals surface area contributed by atoms with E-state index in [-0.39, 0.29) is 23.8 Å². The van der Waals surface area contributed by atoms with Crippen molar-refractivity contribution in [1.29, 1.82) is 0 Å². The zero-order valence-corrected chi connectivity index (χ0v) is 14.7. The lowest BCUT2D eigenvalue weighted by molar-refractivity contribution is -0.141. The van der Waals surface area contributed by atoms with Crippen LogP contribution in [0.1, 0.15) is 56.6 Å². The van der Waals surface area contributed by atoms with Crippen LogP contribution >= 0.6 is 0 Å². The second-order valence-electron chi connectivity index (χ2n) is 7.26. The Morgan fingerprint density at radius 1 is 1.00 bits per heavy atom. The smallest absolute Gasteiger partial charge is 0.256 e. The first-order chi connectivity index (χ1) is 12.1. The molecule has 1 aromatic carbocycles. The van der Waals surface area contributed by atoms with E-state index >= 15 is 0 Å². The third-order valence-corrected chi connectivity index (χ3v) is 5.48. The van der Waals surface area contributed by atoms with E-state index < -0.39 is 6.10 Å². The molecule has 25 heavy (non-hydrogen) atoms. The highest BCUT2D eigenvalue weighted by Gasteiger charge is 2.30. The fourth-order valence-electron chi connectivity index (χ4n) is 3.88. The molecule has 1 heterocycles. The van der Waals surface area contributed by atoms with Gasteiger partial charge in [0.05, 0.1) is 0 Å². The Labute approximate surface area is 149 Å². The average molecular weight is 344 g/mol. The van der Waals surface area contributed by atoms with Crippen molar-refractivity contribution in [2.45, 2.75) is 57.1 Å². The molecule has 1 aromatic rings. The standard InChI is InChI=1S/C20H28N2O3/c23-18(15-7-3-1-4-8-15)20(25)22-13-11-17(12-14-22)21-19(24)16-9-5-2-6-10-16/h1,3-4,7-8,16-18,23H,2,5-6,9-14H2,(H,21,24). The van der Waals surface area contributed by atoms with Gasteiger partial charge in [0.15, 0.2) is 6.10 Å². The summed E-state index contributed by atoms with van der Waals surface area (Å²) in [5, 5.41) is 13.4. The SMILES string of the molecule is O=C(NC1CCN(C(=O)C(O)c2ccccc2)CC1)C1CCCCC1. The Morgan fingerprint density at radius 2 is 1.64 bits per heavy atom. The normalized spacial score (nSPS) is 20.9. The highest BCUT2D eigenvalue weighted by atomic mass is 16.3. The molecular formula is C20H28N2O3. The van der Waals surface area contributed by atoms with Gasteiger partial charge in [0.1, 0.15) is 0 Å². The van der Waals surface area contributed by atoms with Gasteiger partial charge in [0.25, 0.3) is 5.91 Å². The fraction of sp³-hybridized carbons (Fsp3) is 0.600. The van der Waals surface area contributed by atoms with E-state index in [1.165, 1.54) is 6.42 Å². The third kappa shape index (κ3) is 4.60. The number of likely N-dealkylation sites (tertiary alicyclic amines) is 1. The summed E-state index contributed by atoms with van der Waals surface area (Å²) in [7, 11) is 0. The maximum absolute atomic E-state index is 12.5. The summed E-state index contributed by atoms with van der Waals surface area (Å²) in [5.41, 5.74) is 0.625. The van der Waals surface area contributed by atoms with Gasteiger partial charge in [-0.25, -0.2) is 0 Å². The zero-order chi connectivity index (χ0) is 17.6. The van der Waals surface area contributed by atoms with Gasteiger partial charge in [-0.15, -0.1) is 0 Å². The van der Waals surface area contributed by atoms with Gasteiger partial charge in [-0.3, -0.25) is 9.59 Å². The number of benzene rings is 1. The van der Waals surface area contributed by atoms with Crippen LogP contribution < -0.4 is 5.32 Å². The molecule has 1 atom stereocenters. The lowest BCUT2D eigenvalue weighted by Crippen LogP contribution is -2.49. The molecule has 1 aliphatic carbocycles. The number of aliphatic hydroxyl groups excluding tert-OH is 1. The summed E-state index contributed by atoms with van der Waals surface area (Å²) in [6, 6.07) is 9.17. The molecule has 1 aliphatic heterocycles. The van der Waals surface area contributed by atoms with E-state index in [0.29, 0.717) is 18.7 Å². The van der Waals surface area contributed by atoms with E-state index in [1.807, 2.05) is 18.2 Å². The van der Waals surface area contributed by atoms with Crippen molar-refractivity contribution in [3.63, 3.8) is 0 Å². The summed E-state index contributed by atoms with van der Waals surface area (Å²) in [6.07, 6.45) is 5.98. The molecule has 3 rings (SSSR count). The van der Waals surface area contributed by atoms with Crippen LogP contribution in [0.3, 0.4) is 0 Å². The molecule has 2 fully saturated rings. The molecule has 136 valence electrons. The maximum atomic E-state index is 12.5. The van der Waals surface area contributed by atoms with Crippen LogP contribution in [-0.4, -0.2) is 41.0 Å². The lowest BCUT2D eigenvalue weighted by Gasteiger charge is -2.34. The quantitative estimate of drug-likeness (QED) is 0.881. The Bertz CT molecular complexity index is 576. The van der Waals surface area contributed by atoms with Crippen LogP contribution in [0.25, 0.3) is 0 Å². The van der Waals surface area contributed by atoms with Gasteiger partial charge >= 0.3 is 0 Å². The van der Waals surface area contributed by atoms with E-state index in [4.69, 9.17) is 0 Å². The average Bonchev–Trinajstić information content (AvgIpc) is 2.69. The van der Waals surface area contributed by atoms with E-state index in [1.54, 1.807) is 17.0 Å². The number of nitrogens with one attached hydrogen (secondary N) is 1. The number of hydrogen-bond acceptors (Lipinski definition) is 3. The number of nitrogens with zero attached hydrogens (tertiary/aromatic N) is 1. The van der Waals surface area contributed by atoms with Gasteiger partial charge in [-0.05, 0) is 31.2 Å². The number of aliphatic hydroxyl groups is 1. The number of piperidine rings is 1. The largest absolute Gasteiger partial charge is 0.378 e. The lowest BCUT2D eigenvalue weighted by atomic mass is 9.88. The zero-order valence-electron chi connectivity index (χ0n) is 14.7. The number of amides is 2. The van der Waals surface area contributed by atoms with Crippen LogP contribution in [0, 0.1) is 5.92 Å². The van der Waals surface area contributed by atoms with Crippen LogP contribution in [-0.2, 0) is 9.59 Å². The maximum Gasteiger partial charge on any atom is 0.256 e. The van der Waals surface area contributed by atoms with Gasteiger partial charge in [0.2, 0.25) is 5.91 Å². The molecule has 2 amide bonds. The van der Waals surface area contributed by atoms with E-state index in [2.05, 4.69) is 5.32 Å². The third-order valence-electron chi connectivity index (χ3n) is 5.48. The van der Waals surface area contributed by atoms with Crippen molar-refractivity contribution in [2.75, 3.05) is 13.1 Å². The van der Waals surface area contributed by atoms with Crippen molar-refractivity contribution in [1.82, 2.24) is 10.2 Å². The summed E-state index contributed by atoms with van der Waals surface area (Å²) in [4.78, 5) is 26.5. The fourth-order valence-corrected chi connectivity index (χ4v) is 3.88. The molecule has 0 aromatic heterocycles. The van der Waals surface area contributed by atoms with Gasteiger partial charge in [-0.1, -0.05) is 49.6 Å². The molecule has 0 bridgehead atoms. The minimum absolute atomic E-state index is 0.146. The first-order valence-corrected chi connectivity index (χ1v) is 9.47. The molecule has 2 N–H and O–H groups in total. The second kappa shape index (κ2) is 8.48. The highest BCUT2D eigenvalue weighted by molar-refractivity contribution is 5.82. The number of hydrogen-bond donors (Lipinski definition) is 2. The van der Waals surface area contributed by atoms with Gasteiger partial charge in [-0.2, -0.15) is 0 Å². The number of carbonyl (C=O) groups is 2. The summed E-state index contributed by atoms with van der Waals surface area (Å²) in [5.74, 6) is 0.116. The van der Waals surface area contributed by atoms with Crippen molar-refractivity contribution >= 4 is 11.8 Å². The van der Waals surface area contributed by atoms with E-state index in [0.717, 1.165) is 38.5 Å². The Morgan fingerprint density at radius 3 is 2.28 bits per heavy atom. The molecule has 1 saturated carbocycles. The van der Waals surface area contributed by atoms with E-state index in [9.17, 15) is 14.7 Å². The highest BCUT2D eigenvalue weighted by Crippen LogP contribution is 2.24. The molecular weight excluding hydrogens is 316 g/mol. The summed E-state index contributed by atoms with van der Waals surface area (Å²) in [6.45, 7) is 1.16. The van der Waals surface area contributed by atoms with Crippen molar-refractivity contribution in [3.8, 4) is 0 Å². The van der Waals surface area contributed by atoms with Crippen LogP contribution in [0.2, 0.25) is 0 Å². The molecule has 5 heteroatoms. The summed E-state index contributed by atoms with van der Waals surface area (Å²) >= 11 is 0. The van der Waals surface area contributed by atoms with Gasteiger partial charge in [0, 0.05) is 25.0 Å². The topological polar surface area (TPSA) is 69.6 Å². The number of rotatable bonds is 4. The molecule has 5 nitrogen and oxygen atoms in total. The van der Waals surface area contributed by atoms with Gasteiger partial charge < -0.3 is 15.3 Å². The summed E-state index contributed by atoms with van der Waals surface area (Å²) < 4.78 is 0. The molecule has 2 aliphatic rings. The van der Waals surface area contributed by atoms with Crippen LogP contribution in [0.5, 0.6) is 0 Å². The predicted molar refractivity (Wildman–Crippen MR) is 95.7 cm³/mol. The van der Waals surface area contributed by atoms with Crippen LogP contribution in [0.4, 0.5) is 0 Å². The molecule has 0 radical (unpaired) electrons. The first kappa shape index (κ1) is 17.9. The molecule has 0 spiro atoms. The monoisotopic (exact) mass is 344 g/mol. The minimum Gasteiger partial charge on any atom is -0.378 e. The van der Waals surface area contributed by atoms with Crippen molar-refractivity contribution in [2.24, 2.45) is 5.92 Å². The number of carbonyl (C=O) groups excluding carboxylic acids is 2. The van der Waals surface area contributed by atoms with Crippen LogP contribution in [0.15, 0.2) is 30.3 Å². The Kier molecular flexibility index (Phi) is 6.08.